The molecule has 342 valence electrons. The maximum absolute atomic E-state index is 6.24. The van der Waals surface area contributed by atoms with E-state index in [0.717, 1.165) is 134 Å². The van der Waals surface area contributed by atoms with Gasteiger partial charge in [-0.05, 0) is 151 Å². The third kappa shape index (κ3) is 8.47. The van der Waals surface area contributed by atoms with Crippen LogP contribution in [0.4, 0.5) is 0 Å². The Morgan fingerprint density at radius 3 is 1.03 bits per heavy atom. The number of pyridine rings is 3. The van der Waals surface area contributed by atoms with Crippen LogP contribution in [0, 0.1) is 0 Å². The normalized spacial score (nSPS) is 11.3. The number of fused-ring (bicyclic) bond motifs is 3. The zero-order valence-corrected chi connectivity index (χ0v) is 39.7. The largest absolute Gasteiger partial charge is 0.456 e. The maximum atomic E-state index is 6.24. The van der Waals surface area contributed by atoms with Gasteiger partial charge in [-0.1, -0.05) is 182 Å². The summed E-state index contributed by atoms with van der Waals surface area (Å²) < 4.78 is 6.24. The van der Waals surface area contributed by atoms with Crippen molar-refractivity contribution in [3.05, 3.63) is 273 Å². The highest BCUT2D eigenvalue weighted by Gasteiger charge is 2.17. The molecule has 4 nitrogen and oxygen atoms in total. The van der Waals surface area contributed by atoms with Crippen LogP contribution in [0.15, 0.2) is 278 Å². The van der Waals surface area contributed by atoms with E-state index < -0.39 is 0 Å². The molecule has 4 heteroatoms. The van der Waals surface area contributed by atoms with E-state index in [1.807, 2.05) is 55.0 Å². The number of para-hydroxylation sites is 1. The van der Waals surface area contributed by atoms with Gasteiger partial charge in [-0.25, -0.2) is 0 Å². The second kappa shape index (κ2) is 18.9. The Balaban J connectivity index is 0.895. The monoisotopic (exact) mass is 931 g/mol. The first-order valence-electron chi connectivity index (χ1n) is 24.6. The molecule has 13 rings (SSSR count). The Hall–Kier alpha value is -9.77. The van der Waals surface area contributed by atoms with Crippen LogP contribution in [0.1, 0.15) is 0 Å². The lowest BCUT2D eigenvalue weighted by molar-refractivity contribution is 0.669. The van der Waals surface area contributed by atoms with Gasteiger partial charge in [0.15, 0.2) is 0 Å². The number of benzene rings is 9. The molecule has 73 heavy (non-hydrogen) atoms. The van der Waals surface area contributed by atoms with Gasteiger partial charge < -0.3 is 4.42 Å². The molecule has 13 aromatic rings. The maximum Gasteiger partial charge on any atom is 0.136 e. The fourth-order valence-corrected chi connectivity index (χ4v) is 10.3. The van der Waals surface area contributed by atoms with E-state index in [4.69, 9.17) is 9.40 Å². The topological polar surface area (TPSA) is 51.8 Å². The highest BCUT2D eigenvalue weighted by Crippen LogP contribution is 2.43. The van der Waals surface area contributed by atoms with Crippen LogP contribution >= 0.6 is 0 Å². The molecule has 4 aromatic heterocycles. The summed E-state index contributed by atoms with van der Waals surface area (Å²) >= 11 is 0. The van der Waals surface area contributed by atoms with Crippen molar-refractivity contribution in [1.29, 1.82) is 0 Å². The van der Waals surface area contributed by atoms with Crippen molar-refractivity contribution < 1.29 is 4.42 Å². The summed E-state index contributed by atoms with van der Waals surface area (Å²) in [5.41, 5.74) is 23.7. The smallest absolute Gasteiger partial charge is 0.136 e. The van der Waals surface area contributed by atoms with Crippen LogP contribution in [0.3, 0.4) is 0 Å². The zero-order valence-electron chi connectivity index (χ0n) is 39.7. The summed E-state index contributed by atoms with van der Waals surface area (Å²) in [4.78, 5) is 14.1. The number of nitrogens with zero attached hydrogens (tertiary/aromatic N) is 3. The molecule has 0 atom stereocenters. The lowest BCUT2D eigenvalue weighted by atomic mass is 9.86. The lowest BCUT2D eigenvalue weighted by Crippen LogP contribution is -1.92. The standard InChI is InChI=1S/C69H45N3O/c1-4-16-60(57(13-1)46-23-29-49(30-24-46)65-20-9-11-38-70-65)54-41-55(61-17-5-2-14-58(61)47-25-31-50(32-26-47)66-21-10-12-39-71-66)43-56(42-54)62-18-6-3-15-59(62)48-27-33-51(34-28-48)67-44-53(37-40-72-67)52-35-36-64-63-19-7-8-22-68(63)73-69(64)45-52/h1-45H. The SMILES string of the molecule is c1ccc(-c2ccc(-c3ccccc3-c3cc(-c4ccccc4-c4ccc(-c5ccccn5)cc4)cc(-c4ccccc4-c4ccc(-c5cc(-c6ccc7c(c6)oc6ccccc67)ccn5)cc4)c3)cc2)nc1. The predicted octanol–water partition coefficient (Wildman–Crippen LogP) is 18.4. The fraction of sp³-hybridized carbons (Fsp3) is 0. The Bertz CT molecular complexity index is 3960. The molecular formula is C69H45N3O. The van der Waals surface area contributed by atoms with Crippen molar-refractivity contribution in [3.63, 3.8) is 0 Å². The van der Waals surface area contributed by atoms with Crippen LogP contribution in [0.2, 0.25) is 0 Å². The van der Waals surface area contributed by atoms with Crippen LogP contribution < -0.4 is 0 Å². The van der Waals surface area contributed by atoms with E-state index in [2.05, 4.69) is 228 Å². The Kier molecular flexibility index (Phi) is 11.2. The zero-order chi connectivity index (χ0) is 48.5. The van der Waals surface area contributed by atoms with Gasteiger partial charge in [-0.2, -0.15) is 0 Å². The minimum Gasteiger partial charge on any atom is -0.456 e. The molecule has 0 fully saturated rings. The Labute approximate surface area is 424 Å². The molecule has 0 radical (unpaired) electrons. The molecule has 0 bridgehead atoms. The summed E-state index contributed by atoms with van der Waals surface area (Å²) in [6.07, 6.45) is 5.58. The third-order valence-electron chi connectivity index (χ3n) is 13.9. The first-order chi connectivity index (χ1) is 36.2. The minimum atomic E-state index is 0.879. The van der Waals surface area contributed by atoms with Crippen LogP contribution in [0.5, 0.6) is 0 Å². The van der Waals surface area contributed by atoms with Crippen LogP contribution in [-0.4, -0.2) is 15.0 Å². The highest BCUT2D eigenvalue weighted by molar-refractivity contribution is 6.06. The van der Waals surface area contributed by atoms with Gasteiger partial charge in [0, 0.05) is 46.1 Å². The summed E-state index contributed by atoms with van der Waals surface area (Å²) in [5, 5.41) is 2.25. The van der Waals surface area contributed by atoms with E-state index in [-0.39, 0.29) is 0 Å². The van der Waals surface area contributed by atoms with Crippen molar-refractivity contribution in [2.45, 2.75) is 0 Å². The quantitative estimate of drug-likeness (QED) is 0.137. The first kappa shape index (κ1) is 43.3. The Morgan fingerprint density at radius 1 is 0.205 bits per heavy atom. The molecule has 0 amide bonds. The molecule has 0 aliphatic rings. The summed E-state index contributed by atoms with van der Waals surface area (Å²) in [7, 11) is 0. The summed E-state index contributed by atoms with van der Waals surface area (Å²) in [5.74, 6) is 0. The molecule has 0 spiro atoms. The molecule has 0 N–H and O–H groups in total. The van der Waals surface area contributed by atoms with Gasteiger partial charge >= 0.3 is 0 Å². The number of hydrogen-bond donors (Lipinski definition) is 0. The minimum absolute atomic E-state index is 0.879. The fourth-order valence-electron chi connectivity index (χ4n) is 10.3. The third-order valence-corrected chi connectivity index (χ3v) is 13.9. The molecule has 0 aliphatic carbocycles. The van der Waals surface area contributed by atoms with Crippen molar-refractivity contribution >= 4 is 21.9 Å². The highest BCUT2D eigenvalue weighted by atomic mass is 16.3. The van der Waals surface area contributed by atoms with Gasteiger partial charge in [0.05, 0.1) is 17.1 Å². The van der Waals surface area contributed by atoms with Gasteiger partial charge in [-0.3, -0.25) is 15.0 Å². The van der Waals surface area contributed by atoms with E-state index in [1.165, 1.54) is 0 Å². The van der Waals surface area contributed by atoms with Crippen LogP contribution in [-0.2, 0) is 0 Å². The van der Waals surface area contributed by atoms with E-state index >= 15 is 0 Å². The van der Waals surface area contributed by atoms with E-state index in [9.17, 15) is 0 Å². The van der Waals surface area contributed by atoms with Gasteiger partial charge in [0.25, 0.3) is 0 Å². The number of rotatable bonds is 10. The van der Waals surface area contributed by atoms with Crippen molar-refractivity contribution in [3.8, 4) is 112 Å². The average molecular weight is 932 g/mol. The molecule has 0 saturated carbocycles. The second-order valence-electron chi connectivity index (χ2n) is 18.3. The number of furan rings is 1. The Morgan fingerprint density at radius 2 is 0.562 bits per heavy atom. The van der Waals surface area contributed by atoms with Crippen molar-refractivity contribution in [2.24, 2.45) is 0 Å². The van der Waals surface area contributed by atoms with Gasteiger partial charge in [0.1, 0.15) is 11.2 Å². The molecule has 9 aromatic carbocycles. The summed E-state index contributed by atoms with van der Waals surface area (Å²) in [6, 6.07) is 90.7. The second-order valence-corrected chi connectivity index (χ2v) is 18.3. The average Bonchev–Trinajstić information content (AvgIpc) is 3.86. The molecule has 0 saturated heterocycles. The van der Waals surface area contributed by atoms with E-state index in [1.54, 1.807) is 0 Å². The summed E-state index contributed by atoms with van der Waals surface area (Å²) in [6.45, 7) is 0. The van der Waals surface area contributed by atoms with Crippen molar-refractivity contribution in [2.75, 3.05) is 0 Å². The van der Waals surface area contributed by atoms with E-state index in [0.29, 0.717) is 0 Å². The van der Waals surface area contributed by atoms with Gasteiger partial charge in [0.2, 0.25) is 0 Å². The number of hydrogen-bond acceptors (Lipinski definition) is 4. The lowest BCUT2D eigenvalue weighted by Gasteiger charge is -2.18. The first-order valence-corrected chi connectivity index (χ1v) is 24.6. The molecule has 0 unspecified atom stereocenters. The molecular weight excluding hydrogens is 887 g/mol. The molecule has 4 heterocycles. The van der Waals surface area contributed by atoms with Crippen molar-refractivity contribution in [1.82, 2.24) is 15.0 Å². The predicted molar refractivity (Wildman–Crippen MR) is 301 cm³/mol. The number of aromatic nitrogens is 3. The molecule has 0 aliphatic heterocycles. The van der Waals surface area contributed by atoms with Crippen LogP contribution in [0.25, 0.3) is 134 Å². The van der Waals surface area contributed by atoms with Gasteiger partial charge in [-0.15, -0.1) is 0 Å².